The second-order valence-corrected chi connectivity index (χ2v) is 4.25. The molecule has 0 atom stereocenters. The predicted octanol–water partition coefficient (Wildman–Crippen LogP) is 1.97. The third-order valence-electron chi connectivity index (χ3n) is 2.93. The maximum atomic E-state index is 11.6. The first-order valence-corrected chi connectivity index (χ1v) is 6.47. The van der Waals surface area contributed by atoms with Crippen LogP contribution in [0.5, 0.6) is 0 Å². The molecule has 0 unspecified atom stereocenters. The zero-order valence-electron chi connectivity index (χ0n) is 11.1. The molecule has 4 nitrogen and oxygen atoms in total. The van der Waals surface area contributed by atoms with Crippen molar-refractivity contribution in [2.75, 3.05) is 13.1 Å². The number of ketones is 1. The van der Waals surface area contributed by atoms with E-state index >= 15 is 0 Å². The van der Waals surface area contributed by atoms with Crippen molar-refractivity contribution in [1.29, 1.82) is 0 Å². The van der Waals surface area contributed by atoms with Crippen LogP contribution < -0.4 is 5.32 Å². The SMILES string of the molecule is CCNCC(=O)Cc1ccn(C(CC)CC)n1. The summed E-state index contributed by atoms with van der Waals surface area (Å²) in [6.07, 6.45) is 4.56. The van der Waals surface area contributed by atoms with Crippen LogP contribution in [0.15, 0.2) is 12.3 Å². The van der Waals surface area contributed by atoms with Crippen LogP contribution in [-0.4, -0.2) is 28.7 Å². The largest absolute Gasteiger partial charge is 0.310 e. The van der Waals surface area contributed by atoms with E-state index in [1.165, 1.54) is 0 Å². The van der Waals surface area contributed by atoms with Crippen molar-refractivity contribution in [3.63, 3.8) is 0 Å². The van der Waals surface area contributed by atoms with Gasteiger partial charge in [0.1, 0.15) is 0 Å². The second kappa shape index (κ2) is 7.22. The van der Waals surface area contributed by atoms with Crippen LogP contribution in [0.2, 0.25) is 0 Å². The fraction of sp³-hybridized carbons (Fsp3) is 0.692. The topological polar surface area (TPSA) is 46.9 Å². The number of aromatic nitrogens is 2. The van der Waals surface area contributed by atoms with Gasteiger partial charge in [-0.3, -0.25) is 9.48 Å². The van der Waals surface area contributed by atoms with Crippen LogP contribution in [0.1, 0.15) is 45.3 Å². The Morgan fingerprint density at radius 1 is 1.41 bits per heavy atom. The Kier molecular flexibility index (Phi) is 5.91. The van der Waals surface area contributed by atoms with Gasteiger partial charge in [0, 0.05) is 6.20 Å². The molecular formula is C13H23N3O. The molecule has 0 bridgehead atoms. The third-order valence-corrected chi connectivity index (χ3v) is 2.93. The molecule has 1 aromatic heterocycles. The molecule has 17 heavy (non-hydrogen) atoms. The van der Waals surface area contributed by atoms with Gasteiger partial charge in [0.15, 0.2) is 5.78 Å². The van der Waals surface area contributed by atoms with Crippen molar-refractivity contribution in [3.8, 4) is 0 Å². The summed E-state index contributed by atoms with van der Waals surface area (Å²) in [6.45, 7) is 7.58. The Labute approximate surface area is 103 Å². The molecule has 0 aliphatic heterocycles. The lowest BCUT2D eigenvalue weighted by molar-refractivity contribution is -0.117. The monoisotopic (exact) mass is 237 g/mol. The van der Waals surface area contributed by atoms with Crippen LogP contribution in [0, 0.1) is 0 Å². The smallest absolute Gasteiger partial charge is 0.152 e. The summed E-state index contributed by atoms with van der Waals surface area (Å²) in [5, 5.41) is 7.50. The predicted molar refractivity (Wildman–Crippen MR) is 69.1 cm³/mol. The van der Waals surface area contributed by atoms with E-state index < -0.39 is 0 Å². The van der Waals surface area contributed by atoms with E-state index in [4.69, 9.17) is 0 Å². The lowest BCUT2D eigenvalue weighted by Crippen LogP contribution is -2.24. The van der Waals surface area contributed by atoms with E-state index in [-0.39, 0.29) is 5.78 Å². The van der Waals surface area contributed by atoms with Crippen molar-refractivity contribution in [1.82, 2.24) is 15.1 Å². The van der Waals surface area contributed by atoms with Gasteiger partial charge in [0.05, 0.1) is 24.7 Å². The number of hydrogen-bond acceptors (Lipinski definition) is 3. The molecule has 0 amide bonds. The van der Waals surface area contributed by atoms with Gasteiger partial charge in [-0.25, -0.2) is 0 Å². The summed E-state index contributed by atoms with van der Waals surface area (Å²) < 4.78 is 1.98. The van der Waals surface area contributed by atoms with Crippen LogP contribution >= 0.6 is 0 Å². The standard InChI is InChI=1S/C13H23N3O/c1-4-12(5-2)16-8-7-11(15-16)9-13(17)10-14-6-3/h7-8,12,14H,4-6,9-10H2,1-3H3. The molecule has 1 heterocycles. The molecule has 0 aliphatic carbocycles. The Balaban J connectivity index is 2.53. The molecular weight excluding hydrogens is 214 g/mol. The maximum absolute atomic E-state index is 11.6. The summed E-state index contributed by atoms with van der Waals surface area (Å²) in [4.78, 5) is 11.6. The highest BCUT2D eigenvalue weighted by atomic mass is 16.1. The van der Waals surface area contributed by atoms with Gasteiger partial charge in [0.2, 0.25) is 0 Å². The van der Waals surface area contributed by atoms with Crippen molar-refractivity contribution in [3.05, 3.63) is 18.0 Å². The molecule has 96 valence electrons. The summed E-state index contributed by atoms with van der Waals surface area (Å²) in [5.41, 5.74) is 0.875. The van der Waals surface area contributed by atoms with Crippen LogP contribution in [0.25, 0.3) is 0 Å². The Hall–Kier alpha value is -1.16. The van der Waals surface area contributed by atoms with E-state index in [1.54, 1.807) is 0 Å². The summed E-state index contributed by atoms with van der Waals surface area (Å²) in [5.74, 6) is 0.196. The van der Waals surface area contributed by atoms with E-state index in [0.29, 0.717) is 19.0 Å². The van der Waals surface area contributed by atoms with E-state index in [9.17, 15) is 4.79 Å². The molecule has 0 saturated heterocycles. The lowest BCUT2D eigenvalue weighted by atomic mass is 10.2. The number of hydrogen-bond donors (Lipinski definition) is 1. The number of likely N-dealkylation sites (N-methyl/N-ethyl adjacent to an activating group) is 1. The Bertz CT molecular complexity index is 342. The number of carbonyl (C=O) groups is 1. The normalized spacial score (nSPS) is 11.1. The highest BCUT2D eigenvalue weighted by molar-refractivity contribution is 5.82. The molecule has 0 aliphatic rings. The molecule has 1 rings (SSSR count). The minimum atomic E-state index is 0.196. The lowest BCUT2D eigenvalue weighted by Gasteiger charge is -2.12. The highest BCUT2D eigenvalue weighted by Gasteiger charge is 2.10. The third kappa shape index (κ3) is 4.30. The molecule has 1 aromatic rings. The van der Waals surface area contributed by atoms with Gasteiger partial charge >= 0.3 is 0 Å². The van der Waals surface area contributed by atoms with Crippen LogP contribution in [0.4, 0.5) is 0 Å². The average molecular weight is 237 g/mol. The summed E-state index contributed by atoms with van der Waals surface area (Å²) >= 11 is 0. The number of Topliss-reactive ketones (excluding diaryl/α,β-unsaturated/α-hetero) is 1. The van der Waals surface area contributed by atoms with E-state index in [1.807, 2.05) is 23.9 Å². The van der Waals surface area contributed by atoms with Crippen LogP contribution in [0.3, 0.4) is 0 Å². The van der Waals surface area contributed by atoms with Crippen molar-refractivity contribution in [2.45, 2.75) is 46.1 Å². The van der Waals surface area contributed by atoms with Gasteiger partial charge in [-0.05, 0) is 25.5 Å². The molecule has 0 fully saturated rings. The molecule has 1 N–H and O–H groups in total. The Morgan fingerprint density at radius 3 is 2.71 bits per heavy atom. The quantitative estimate of drug-likeness (QED) is 0.752. The number of nitrogens with zero attached hydrogens (tertiary/aromatic N) is 2. The van der Waals surface area contributed by atoms with Gasteiger partial charge in [0.25, 0.3) is 0 Å². The van der Waals surface area contributed by atoms with Crippen molar-refractivity contribution >= 4 is 5.78 Å². The second-order valence-electron chi connectivity index (χ2n) is 4.25. The number of carbonyl (C=O) groups excluding carboxylic acids is 1. The zero-order valence-corrected chi connectivity index (χ0v) is 11.1. The fourth-order valence-corrected chi connectivity index (χ4v) is 1.87. The van der Waals surface area contributed by atoms with Gasteiger partial charge in [-0.15, -0.1) is 0 Å². The number of nitrogens with one attached hydrogen (secondary N) is 1. The Morgan fingerprint density at radius 2 is 2.12 bits per heavy atom. The summed E-state index contributed by atoms with van der Waals surface area (Å²) in [7, 11) is 0. The zero-order chi connectivity index (χ0) is 12.7. The molecule has 0 radical (unpaired) electrons. The van der Waals surface area contributed by atoms with E-state index in [2.05, 4.69) is 24.3 Å². The molecule has 0 aromatic carbocycles. The first kappa shape index (κ1) is 13.9. The van der Waals surface area contributed by atoms with Crippen LogP contribution in [-0.2, 0) is 11.2 Å². The first-order chi connectivity index (χ1) is 8.21. The summed E-state index contributed by atoms with van der Waals surface area (Å²) in [6, 6.07) is 2.40. The molecule has 4 heteroatoms. The molecule has 0 saturated carbocycles. The van der Waals surface area contributed by atoms with Crippen molar-refractivity contribution in [2.24, 2.45) is 0 Å². The first-order valence-electron chi connectivity index (χ1n) is 6.47. The van der Waals surface area contributed by atoms with Crippen molar-refractivity contribution < 1.29 is 4.79 Å². The fourth-order valence-electron chi connectivity index (χ4n) is 1.87. The minimum Gasteiger partial charge on any atom is -0.310 e. The average Bonchev–Trinajstić information content (AvgIpc) is 2.76. The number of rotatable bonds is 8. The highest BCUT2D eigenvalue weighted by Crippen LogP contribution is 2.14. The molecule has 0 spiro atoms. The minimum absolute atomic E-state index is 0.196. The maximum Gasteiger partial charge on any atom is 0.152 e. The van der Waals surface area contributed by atoms with Gasteiger partial charge < -0.3 is 5.32 Å². The van der Waals surface area contributed by atoms with Gasteiger partial charge in [-0.1, -0.05) is 20.8 Å². The van der Waals surface area contributed by atoms with Gasteiger partial charge in [-0.2, -0.15) is 5.10 Å². The van der Waals surface area contributed by atoms with E-state index in [0.717, 1.165) is 25.1 Å².